The standard InChI is InChI=1S/C20H25FN4O2/c1-23(17-4-2-16(21)3-5-17)18-12-20(27-14-18)6-9-25(10-7-20)19(26)13-24-11-8-22-15-24/h2-5,8,11,15,18H,6-7,9-10,12-14H2,1H3. The summed E-state index contributed by atoms with van der Waals surface area (Å²) in [5.41, 5.74) is 0.847. The van der Waals surface area contributed by atoms with Crippen molar-refractivity contribution < 1.29 is 13.9 Å². The minimum Gasteiger partial charge on any atom is -0.373 e. The molecule has 0 radical (unpaired) electrons. The first kappa shape index (κ1) is 18.0. The van der Waals surface area contributed by atoms with E-state index in [2.05, 4.69) is 9.88 Å². The fourth-order valence-electron chi connectivity index (χ4n) is 4.10. The van der Waals surface area contributed by atoms with Crippen LogP contribution < -0.4 is 4.90 Å². The van der Waals surface area contributed by atoms with E-state index in [-0.39, 0.29) is 23.4 Å². The van der Waals surface area contributed by atoms with Crippen LogP contribution in [0.2, 0.25) is 0 Å². The van der Waals surface area contributed by atoms with Gasteiger partial charge in [-0.1, -0.05) is 0 Å². The molecule has 1 aromatic heterocycles. The van der Waals surface area contributed by atoms with Gasteiger partial charge in [-0.15, -0.1) is 0 Å². The highest BCUT2D eigenvalue weighted by atomic mass is 19.1. The summed E-state index contributed by atoms with van der Waals surface area (Å²) in [6.45, 7) is 2.45. The molecule has 4 rings (SSSR count). The van der Waals surface area contributed by atoms with E-state index >= 15 is 0 Å². The van der Waals surface area contributed by atoms with Crippen LogP contribution in [0.15, 0.2) is 43.0 Å². The third kappa shape index (κ3) is 3.83. The SMILES string of the molecule is CN(c1ccc(F)cc1)C1COC2(CCN(C(=O)Cn3ccnc3)CC2)C1. The minimum absolute atomic E-state index is 0.126. The van der Waals surface area contributed by atoms with Gasteiger partial charge in [-0.2, -0.15) is 0 Å². The Morgan fingerprint density at radius 1 is 1.33 bits per heavy atom. The van der Waals surface area contributed by atoms with Crippen LogP contribution in [-0.4, -0.2) is 58.7 Å². The Labute approximate surface area is 158 Å². The monoisotopic (exact) mass is 372 g/mol. The molecule has 1 amide bonds. The summed E-state index contributed by atoms with van der Waals surface area (Å²) in [5, 5.41) is 0. The lowest BCUT2D eigenvalue weighted by molar-refractivity contribution is -0.136. The molecule has 1 atom stereocenters. The number of amides is 1. The number of hydrogen-bond donors (Lipinski definition) is 0. The van der Waals surface area contributed by atoms with Crippen molar-refractivity contribution in [3.63, 3.8) is 0 Å². The highest BCUT2D eigenvalue weighted by Crippen LogP contribution is 2.38. The molecule has 7 heteroatoms. The lowest BCUT2D eigenvalue weighted by Gasteiger charge is -2.39. The van der Waals surface area contributed by atoms with Gasteiger partial charge in [0.15, 0.2) is 0 Å². The van der Waals surface area contributed by atoms with E-state index in [1.165, 1.54) is 12.1 Å². The van der Waals surface area contributed by atoms with Crippen LogP contribution >= 0.6 is 0 Å². The van der Waals surface area contributed by atoms with Crippen LogP contribution in [0.1, 0.15) is 19.3 Å². The van der Waals surface area contributed by atoms with Gasteiger partial charge in [-0.05, 0) is 43.5 Å². The Bertz CT molecular complexity index is 770. The van der Waals surface area contributed by atoms with Gasteiger partial charge in [0.05, 0.1) is 24.6 Å². The second-order valence-electron chi connectivity index (χ2n) is 7.56. The highest BCUT2D eigenvalue weighted by Gasteiger charge is 2.44. The zero-order valence-electron chi connectivity index (χ0n) is 15.6. The van der Waals surface area contributed by atoms with E-state index in [4.69, 9.17) is 4.74 Å². The van der Waals surface area contributed by atoms with E-state index in [9.17, 15) is 9.18 Å². The van der Waals surface area contributed by atoms with E-state index in [0.717, 1.165) is 38.0 Å². The summed E-state index contributed by atoms with van der Waals surface area (Å²) in [4.78, 5) is 20.5. The molecule has 1 aromatic carbocycles. The molecule has 2 fully saturated rings. The Kier molecular flexibility index (Phi) is 4.86. The normalized spacial score (nSPS) is 21.6. The number of imidazole rings is 1. The largest absolute Gasteiger partial charge is 0.373 e. The first-order valence-electron chi connectivity index (χ1n) is 9.41. The molecule has 3 heterocycles. The number of rotatable bonds is 4. The van der Waals surface area contributed by atoms with Crippen LogP contribution in [0.25, 0.3) is 0 Å². The van der Waals surface area contributed by atoms with Crippen LogP contribution in [0.3, 0.4) is 0 Å². The van der Waals surface area contributed by atoms with Crippen LogP contribution in [0, 0.1) is 5.82 Å². The molecule has 144 valence electrons. The number of aromatic nitrogens is 2. The first-order chi connectivity index (χ1) is 13.0. The van der Waals surface area contributed by atoms with Gasteiger partial charge in [0, 0.05) is 38.2 Å². The van der Waals surface area contributed by atoms with Crippen molar-refractivity contribution in [1.29, 1.82) is 0 Å². The van der Waals surface area contributed by atoms with Gasteiger partial charge in [-0.3, -0.25) is 4.79 Å². The summed E-state index contributed by atoms with van der Waals surface area (Å²) in [7, 11) is 2.03. The van der Waals surface area contributed by atoms with Gasteiger partial charge in [0.25, 0.3) is 0 Å². The molecule has 2 aliphatic rings. The minimum atomic E-state index is -0.223. The molecule has 2 aromatic rings. The quantitative estimate of drug-likeness (QED) is 0.827. The molecular weight excluding hydrogens is 347 g/mol. The Balaban J connectivity index is 1.32. The Morgan fingerprint density at radius 3 is 2.74 bits per heavy atom. The van der Waals surface area contributed by atoms with Crippen molar-refractivity contribution in [3.05, 3.63) is 48.8 Å². The number of ether oxygens (including phenoxy) is 1. The van der Waals surface area contributed by atoms with E-state index in [0.29, 0.717) is 13.2 Å². The number of nitrogens with zero attached hydrogens (tertiary/aromatic N) is 4. The maximum atomic E-state index is 13.2. The van der Waals surface area contributed by atoms with Crippen molar-refractivity contribution in [2.24, 2.45) is 0 Å². The molecule has 0 saturated carbocycles. The summed E-state index contributed by atoms with van der Waals surface area (Å²) in [5.74, 6) is -0.0974. The molecule has 0 bridgehead atoms. The molecule has 2 saturated heterocycles. The predicted octanol–water partition coefficient (Wildman–Crippen LogP) is 2.31. The zero-order valence-corrected chi connectivity index (χ0v) is 15.6. The lowest BCUT2D eigenvalue weighted by atomic mass is 9.87. The predicted molar refractivity (Wildman–Crippen MR) is 99.9 cm³/mol. The number of anilines is 1. The van der Waals surface area contributed by atoms with Crippen molar-refractivity contribution in [2.75, 3.05) is 31.6 Å². The maximum Gasteiger partial charge on any atom is 0.242 e. The summed E-state index contributed by atoms with van der Waals surface area (Å²) >= 11 is 0. The number of carbonyl (C=O) groups is 1. The van der Waals surface area contributed by atoms with Gasteiger partial charge in [0.2, 0.25) is 5.91 Å². The number of benzene rings is 1. The van der Waals surface area contributed by atoms with Gasteiger partial charge < -0.3 is 19.1 Å². The van der Waals surface area contributed by atoms with E-state index in [1.807, 2.05) is 11.9 Å². The average molecular weight is 372 g/mol. The molecule has 0 aliphatic carbocycles. The maximum absolute atomic E-state index is 13.2. The number of likely N-dealkylation sites (N-methyl/N-ethyl adjacent to an activating group) is 1. The van der Waals surface area contributed by atoms with Gasteiger partial charge in [0.1, 0.15) is 12.4 Å². The third-order valence-electron chi connectivity index (χ3n) is 5.88. The number of likely N-dealkylation sites (tertiary alicyclic amines) is 1. The third-order valence-corrected chi connectivity index (χ3v) is 5.88. The molecule has 1 unspecified atom stereocenters. The summed E-state index contributed by atoms with van der Waals surface area (Å²) in [6.07, 6.45) is 7.80. The average Bonchev–Trinajstić information content (AvgIpc) is 3.33. The smallest absolute Gasteiger partial charge is 0.242 e. The van der Waals surface area contributed by atoms with Crippen molar-refractivity contribution in [2.45, 2.75) is 37.5 Å². The van der Waals surface area contributed by atoms with Crippen LogP contribution in [0.5, 0.6) is 0 Å². The summed E-state index contributed by atoms with van der Waals surface area (Å²) < 4.78 is 21.2. The number of halogens is 1. The fourth-order valence-corrected chi connectivity index (χ4v) is 4.10. The molecule has 6 nitrogen and oxygen atoms in total. The number of hydrogen-bond acceptors (Lipinski definition) is 4. The molecule has 1 spiro atoms. The Hall–Kier alpha value is -2.41. The number of piperidine rings is 1. The van der Waals surface area contributed by atoms with Crippen LogP contribution in [0.4, 0.5) is 10.1 Å². The molecule has 27 heavy (non-hydrogen) atoms. The Morgan fingerprint density at radius 2 is 2.07 bits per heavy atom. The molecule has 2 aliphatic heterocycles. The van der Waals surface area contributed by atoms with Crippen molar-refractivity contribution in [3.8, 4) is 0 Å². The van der Waals surface area contributed by atoms with E-state index in [1.54, 1.807) is 35.4 Å². The van der Waals surface area contributed by atoms with Gasteiger partial charge in [-0.25, -0.2) is 9.37 Å². The van der Waals surface area contributed by atoms with Gasteiger partial charge >= 0.3 is 0 Å². The first-order valence-corrected chi connectivity index (χ1v) is 9.41. The topological polar surface area (TPSA) is 50.6 Å². The zero-order chi connectivity index (χ0) is 18.9. The fraction of sp³-hybridized carbons (Fsp3) is 0.500. The second-order valence-corrected chi connectivity index (χ2v) is 7.56. The van der Waals surface area contributed by atoms with E-state index < -0.39 is 0 Å². The van der Waals surface area contributed by atoms with Crippen molar-refractivity contribution >= 4 is 11.6 Å². The second kappa shape index (κ2) is 7.31. The molecular formula is C20H25FN4O2. The lowest BCUT2D eigenvalue weighted by Crippen LogP contribution is -2.47. The van der Waals surface area contributed by atoms with Crippen LogP contribution in [-0.2, 0) is 16.1 Å². The summed E-state index contributed by atoms with van der Waals surface area (Å²) in [6, 6.07) is 6.85. The highest BCUT2D eigenvalue weighted by molar-refractivity contribution is 5.76. The number of carbonyl (C=O) groups excluding carboxylic acids is 1. The molecule has 0 N–H and O–H groups in total. The van der Waals surface area contributed by atoms with Crippen molar-refractivity contribution in [1.82, 2.24) is 14.5 Å².